The van der Waals surface area contributed by atoms with E-state index in [1.54, 1.807) is 0 Å². The van der Waals surface area contributed by atoms with E-state index >= 15 is 0 Å². The van der Waals surface area contributed by atoms with Gasteiger partial charge in [0, 0.05) is 0 Å². The predicted octanol–water partition coefficient (Wildman–Crippen LogP) is 4.66. The molecule has 0 saturated heterocycles. The van der Waals surface area contributed by atoms with Gasteiger partial charge >= 0.3 is 0 Å². The van der Waals surface area contributed by atoms with Gasteiger partial charge in [-0.1, -0.05) is 77.6 Å². The molecule has 0 bridgehead atoms. The van der Waals surface area contributed by atoms with Gasteiger partial charge in [-0.15, -0.1) is 0 Å². The molecule has 0 heterocycles. The maximum atomic E-state index is 11.1. The average Bonchev–Trinajstić information content (AvgIpc) is 2.40. The molecule has 0 fully saturated rings. The van der Waals surface area contributed by atoms with E-state index in [2.05, 4.69) is 11.1 Å². The summed E-state index contributed by atoms with van der Waals surface area (Å²) in [5.41, 5.74) is 0. The van der Waals surface area contributed by atoms with Crippen molar-refractivity contribution in [2.24, 2.45) is 0 Å². The lowest BCUT2D eigenvalue weighted by Crippen LogP contribution is -2.07. The summed E-state index contributed by atoms with van der Waals surface area (Å²) in [4.78, 5) is 0. The molecule has 0 radical (unpaired) electrons. The van der Waals surface area contributed by atoms with Crippen molar-refractivity contribution in [1.82, 2.24) is 0 Å². The van der Waals surface area contributed by atoms with E-state index in [4.69, 9.17) is 0 Å². The molecule has 0 aliphatic rings. The fourth-order valence-electron chi connectivity index (χ4n) is 2.20. The maximum Gasteiger partial charge on any atom is 0.267 e. The van der Waals surface area contributed by atoms with Crippen molar-refractivity contribution in [3.8, 4) is 0 Å². The summed E-state index contributed by atoms with van der Waals surface area (Å²) in [6, 6.07) is 0. The first-order chi connectivity index (χ1) is 9.12. The van der Waals surface area contributed by atoms with Gasteiger partial charge in [-0.05, 0) is 6.42 Å². The normalized spacial score (nSPS) is 11.9. The largest absolute Gasteiger partial charge is 0.273 e. The van der Waals surface area contributed by atoms with E-state index in [-0.39, 0.29) is 5.75 Å². The van der Waals surface area contributed by atoms with Crippen LogP contribution in [0.4, 0.5) is 0 Å². The molecular weight excluding hydrogens is 260 g/mol. The van der Waals surface area contributed by atoms with Crippen LogP contribution in [0.2, 0.25) is 0 Å². The molecule has 0 aliphatic heterocycles. The summed E-state index contributed by atoms with van der Waals surface area (Å²) in [7, 11) is -2.00. The van der Waals surface area contributed by atoms with Crippen molar-refractivity contribution in [2.45, 2.75) is 84.0 Å². The van der Waals surface area contributed by atoms with E-state index < -0.39 is 10.1 Å². The second-order valence-corrected chi connectivity index (χ2v) is 7.17. The molecule has 0 rings (SSSR count). The van der Waals surface area contributed by atoms with Crippen molar-refractivity contribution in [3.63, 3.8) is 0 Å². The van der Waals surface area contributed by atoms with Gasteiger partial charge < -0.3 is 0 Å². The summed E-state index contributed by atoms with van der Waals surface area (Å²) in [6.45, 7) is 2.25. The Morgan fingerprint density at radius 3 is 1.42 bits per heavy atom. The summed E-state index contributed by atoms with van der Waals surface area (Å²) in [5, 5.41) is 0. The Morgan fingerprint density at radius 2 is 1.05 bits per heavy atom. The molecule has 0 aromatic rings. The van der Waals surface area contributed by atoms with Gasteiger partial charge in [0.2, 0.25) is 0 Å². The Balaban J connectivity index is 3.11. The predicted molar refractivity (Wildman–Crippen MR) is 81.9 cm³/mol. The lowest BCUT2D eigenvalue weighted by atomic mass is 10.1. The van der Waals surface area contributed by atoms with Crippen LogP contribution in [0.1, 0.15) is 84.0 Å². The van der Waals surface area contributed by atoms with Gasteiger partial charge in [0.05, 0.1) is 12.9 Å². The average molecular weight is 292 g/mol. The Morgan fingerprint density at radius 1 is 0.684 bits per heavy atom. The highest BCUT2D eigenvalue weighted by molar-refractivity contribution is 7.86. The molecule has 19 heavy (non-hydrogen) atoms. The van der Waals surface area contributed by atoms with Crippen molar-refractivity contribution in [1.29, 1.82) is 0 Å². The fourth-order valence-corrected chi connectivity index (χ4v) is 2.93. The Kier molecular flexibility index (Phi) is 12.9. The molecule has 4 heteroatoms. The third kappa shape index (κ3) is 14.1. The first-order valence-electron chi connectivity index (χ1n) is 7.90. The second kappa shape index (κ2) is 12.9. The summed E-state index contributed by atoms with van der Waals surface area (Å²) in [6.07, 6.45) is 15.0. The molecule has 0 spiro atoms. The topological polar surface area (TPSA) is 43.4 Å². The first-order valence-corrected chi connectivity index (χ1v) is 9.48. The zero-order valence-electron chi connectivity index (χ0n) is 12.8. The lowest BCUT2D eigenvalue weighted by molar-refractivity contribution is 0.396. The molecule has 3 nitrogen and oxygen atoms in total. The van der Waals surface area contributed by atoms with Gasteiger partial charge in [-0.2, -0.15) is 8.42 Å². The van der Waals surface area contributed by atoms with Crippen LogP contribution in [0.25, 0.3) is 0 Å². The molecule has 116 valence electrons. The van der Waals surface area contributed by atoms with Crippen LogP contribution >= 0.6 is 0 Å². The number of rotatable bonds is 14. The highest BCUT2D eigenvalue weighted by Crippen LogP contribution is 2.12. The smallest absolute Gasteiger partial charge is 0.267 e. The summed E-state index contributed by atoms with van der Waals surface area (Å²) in [5.74, 6) is 0.168. The zero-order valence-corrected chi connectivity index (χ0v) is 13.6. The minimum atomic E-state index is -3.23. The standard InChI is InChI=1S/C15H32O3S/c1-3-4-5-6-7-8-9-10-11-12-13-14-15-19(16,17)18-2/h3-15H2,1-2H3. The van der Waals surface area contributed by atoms with Crippen LogP contribution < -0.4 is 0 Å². The van der Waals surface area contributed by atoms with E-state index in [1.165, 1.54) is 64.9 Å². The Bertz CT molecular complexity index is 273. The molecule has 0 N–H and O–H groups in total. The number of hydrogen-bond acceptors (Lipinski definition) is 3. The molecule has 0 amide bonds. The van der Waals surface area contributed by atoms with Crippen LogP contribution in [-0.2, 0) is 14.3 Å². The Hall–Kier alpha value is -0.0900. The van der Waals surface area contributed by atoms with Crippen LogP contribution in [0.5, 0.6) is 0 Å². The second-order valence-electron chi connectivity index (χ2n) is 5.32. The van der Waals surface area contributed by atoms with Crippen LogP contribution in [0, 0.1) is 0 Å². The fraction of sp³-hybridized carbons (Fsp3) is 1.00. The third-order valence-electron chi connectivity index (χ3n) is 3.50. The molecule has 0 aliphatic carbocycles. The van der Waals surface area contributed by atoms with E-state index in [1.807, 2.05) is 0 Å². The van der Waals surface area contributed by atoms with E-state index in [9.17, 15) is 8.42 Å². The highest BCUT2D eigenvalue weighted by atomic mass is 32.2. The van der Waals surface area contributed by atoms with Gasteiger partial charge in [0.25, 0.3) is 10.1 Å². The Labute approximate surface area is 120 Å². The van der Waals surface area contributed by atoms with Crippen molar-refractivity contribution >= 4 is 10.1 Å². The molecule has 0 aromatic carbocycles. The molecular formula is C15H32O3S. The van der Waals surface area contributed by atoms with Crippen LogP contribution in [-0.4, -0.2) is 21.3 Å². The lowest BCUT2D eigenvalue weighted by Gasteiger charge is -2.03. The summed E-state index contributed by atoms with van der Waals surface area (Å²) < 4.78 is 26.5. The van der Waals surface area contributed by atoms with Crippen molar-refractivity contribution in [2.75, 3.05) is 12.9 Å². The quantitative estimate of drug-likeness (QED) is 0.345. The maximum absolute atomic E-state index is 11.1. The molecule has 0 aromatic heterocycles. The minimum Gasteiger partial charge on any atom is -0.273 e. The third-order valence-corrected chi connectivity index (χ3v) is 4.80. The minimum absolute atomic E-state index is 0.168. The molecule has 0 atom stereocenters. The van der Waals surface area contributed by atoms with Crippen molar-refractivity contribution < 1.29 is 12.6 Å². The highest BCUT2D eigenvalue weighted by Gasteiger charge is 2.06. The van der Waals surface area contributed by atoms with Gasteiger partial charge in [-0.3, -0.25) is 4.18 Å². The van der Waals surface area contributed by atoms with E-state index in [0.29, 0.717) is 0 Å². The van der Waals surface area contributed by atoms with Gasteiger partial charge in [0.1, 0.15) is 0 Å². The summed E-state index contributed by atoms with van der Waals surface area (Å²) >= 11 is 0. The molecule has 0 unspecified atom stereocenters. The zero-order chi connectivity index (χ0) is 14.4. The van der Waals surface area contributed by atoms with Crippen molar-refractivity contribution in [3.05, 3.63) is 0 Å². The first kappa shape index (κ1) is 18.9. The number of unbranched alkanes of at least 4 members (excludes halogenated alkanes) is 11. The SMILES string of the molecule is CCCCCCCCCCCCCCS(=O)(=O)OC. The van der Waals surface area contributed by atoms with Gasteiger partial charge in [-0.25, -0.2) is 0 Å². The number of hydrogen-bond donors (Lipinski definition) is 0. The monoisotopic (exact) mass is 292 g/mol. The van der Waals surface area contributed by atoms with Crippen LogP contribution in [0.3, 0.4) is 0 Å². The van der Waals surface area contributed by atoms with Crippen LogP contribution in [0.15, 0.2) is 0 Å². The van der Waals surface area contributed by atoms with Gasteiger partial charge in [0.15, 0.2) is 0 Å². The van der Waals surface area contributed by atoms with E-state index in [0.717, 1.165) is 19.3 Å². The molecule has 0 saturated carbocycles.